The van der Waals surface area contributed by atoms with E-state index in [2.05, 4.69) is 4.98 Å². The summed E-state index contributed by atoms with van der Waals surface area (Å²) in [6, 6.07) is 0.348. The smallest absolute Gasteiger partial charge is 0.230 e. The van der Waals surface area contributed by atoms with Crippen LogP contribution >= 0.6 is 0 Å². The van der Waals surface area contributed by atoms with E-state index in [0.717, 1.165) is 18.7 Å². The van der Waals surface area contributed by atoms with Crippen LogP contribution in [0.4, 0.5) is 0 Å². The van der Waals surface area contributed by atoms with Crippen molar-refractivity contribution in [3.8, 4) is 0 Å². The molecule has 5 nitrogen and oxygen atoms in total. The molecule has 2 rings (SSSR count). The summed E-state index contributed by atoms with van der Waals surface area (Å²) >= 11 is 0. The fraction of sp³-hybridized carbons (Fsp3) is 0.733. The summed E-state index contributed by atoms with van der Waals surface area (Å²) in [5.74, 6) is 1.03. The van der Waals surface area contributed by atoms with Crippen molar-refractivity contribution in [3.05, 3.63) is 18.2 Å². The molecule has 0 aliphatic heterocycles. The van der Waals surface area contributed by atoms with E-state index in [4.69, 9.17) is 5.73 Å². The highest BCUT2D eigenvalue weighted by Crippen LogP contribution is 2.36. The van der Waals surface area contributed by atoms with E-state index in [1.165, 1.54) is 0 Å². The van der Waals surface area contributed by atoms with E-state index in [1.54, 1.807) is 6.20 Å². The number of carbonyl (C=O) groups is 1. The molecule has 0 radical (unpaired) electrons. The van der Waals surface area contributed by atoms with Gasteiger partial charge in [0, 0.05) is 31.0 Å². The molecule has 5 heteroatoms. The first-order valence-electron chi connectivity index (χ1n) is 7.21. The average molecular weight is 278 g/mol. The fourth-order valence-electron chi connectivity index (χ4n) is 2.09. The van der Waals surface area contributed by atoms with Crippen molar-refractivity contribution < 1.29 is 4.79 Å². The Morgan fingerprint density at radius 2 is 2.05 bits per heavy atom. The highest BCUT2D eigenvalue weighted by Gasteiger charge is 2.46. The zero-order chi connectivity index (χ0) is 15.1. The molecule has 1 fully saturated rings. The summed E-state index contributed by atoms with van der Waals surface area (Å²) in [4.78, 5) is 19.2. The quantitative estimate of drug-likeness (QED) is 0.891. The van der Waals surface area contributed by atoms with Crippen molar-refractivity contribution in [1.82, 2.24) is 14.5 Å². The maximum Gasteiger partial charge on any atom is 0.230 e. The predicted octanol–water partition coefficient (Wildman–Crippen LogP) is 1.67. The molecule has 112 valence electrons. The number of nitrogens with zero attached hydrogens (tertiary/aromatic N) is 3. The Kier molecular flexibility index (Phi) is 3.67. The van der Waals surface area contributed by atoms with E-state index in [0.29, 0.717) is 12.6 Å². The zero-order valence-electron chi connectivity index (χ0n) is 13.2. The highest BCUT2D eigenvalue weighted by molar-refractivity contribution is 5.84. The third kappa shape index (κ3) is 2.73. The fourth-order valence-corrected chi connectivity index (χ4v) is 2.09. The van der Waals surface area contributed by atoms with Crippen molar-refractivity contribution >= 4 is 5.91 Å². The third-order valence-electron chi connectivity index (χ3n) is 4.63. The summed E-state index contributed by atoms with van der Waals surface area (Å²) in [5, 5.41) is 0. The van der Waals surface area contributed by atoms with Crippen LogP contribution in [0.5, 0.6) is 0 Å². The number of aromatic nitrogens is 2. The van der Waals surface area contributed by atoms with Crippen molar-refractivity contribution in [1.29, 1.82) is 0 Å². The van der Waals surface area contributed by atoms with Crippen molar-refractivity contribution in [3.63, 3.8) is 0 Å². The van der Waals surface area contributed by atoms with Crippen molar-refractivity contribution in [2.75, 3.05) is 0 Å². The Hall–Kier alpha value is -1.36. The second kappa shape index (κ2) is 4.88. The van der Waals surface area contributed by atoms with Gasteiger partial charge in [-0.2, -0.15) is 0 Å². The number of nitrogens with two attached hydrogens (primary N) is 1. The van der Waals surface area contributed by atoms with Crippen molar-refractivity contribution in [2.45, 2.75) is 58.7 Å². The lowest BCUT2D eigenvalue weighted by Crippen LogP contribution is -2.56. The molecule has 1 aliphatic rings. The van der Waals surface area contributed by atoms with Gasteiger partial charge in [0.15, 0.2) is 0 Å². The number of hydrogen-bond acceptors (Lipinski definition) is 3. The van der Waals surface area contributed by atoms with Gasteiger partial charge in [0.05, 0.1) is 12.0 Å². The number of aryl methyl sites for hydroxylation is 1. The molecule has 0 saturated heterocycles. The Balaban J connectivity index is 2.21. The summed E-state index contributed by atoms with van der Waals surface area (Å²) in [6.45, 7) is 8.26. The van der Waals surface area contributed by atoms with Gasteiger partial charge in [-0.15, -0.1) is 0 Å². The molecule has 1 amide bonds. The number of carbonyl (C=O) groups excluding carboxylic acids is 1. The van der Waals surface area contributed by atoms with Gasteiger partial charge in [-0.05, 0) is 40.5 Å². The van der Waals surface area contributed by atoms with Crippen LogP contribution in [0.1, 0.15) is 46.4 Å². The first-order chi connectivity index (χ1) is 9.14. The van der Waals surface area contributed by atoms with Crippen LogP contribution in [0.2, 0.25) is 0 Å². The van der Waals surface area contributed by atoms with Gasteiger partial charge in [0.25, 0.3) is 0 Å². The summed E-state index contributed by atoms with van der Waals surface area (Å²) in [6.07, 6.45) is 5.83. The van der Waals surface area contributed by atoms with Gasteiger partial charge in [-0.1, -0.05) is 0 Å². The minimum absolute atomic E-state index is 0.121. The highest BCUT2D eigenvalue weighted by atomic mass is 16.2. The summed E-state index contributed by atoms with van der Waals surface area (Å²) < 4.78 is 1.96. The lowest BCUT2D eigenvalue weighted by atomic mass is 9.74. The number of imidazole rings is 1. The van der Waals surface area contributed by atoms with Crippen LogP contribution < -0.4 is 5.73 Å². The van der Waals surface area contributed by atoms with E-state index < -0.39 is 11.0 Å². The van der Waals surface area contributed by atoms with Gasteiger partial charge in [-0.25, -0.2) is 4.98 Å². The molecule has 1 heterocycles. The second-order valence-corrected chi connectivity index (χ2v) is 6.97. The Bertz CT molecular complexity index is 494. The molecule has 1 aromatic rings. The summed E-state index contributed by atoms with van der Waals surface area (Å²) in [7, 11) is 1.95. The standard InChI is InChI=1S/C15H26N4O/c1-14(2,15(3,4)16)13(20)19(11-6-7-11)10-12-17-8-9-18(12)5/h8-9,11H,6-7,10,16H2,1-5H3. The molecule has 2 N–H and O–H groups in total. The van der Waals surface area contributed by atoms with E-state index in [9.17, 15) is 4.79 Å². The lowest BCUT2D eigenvalue weighted by molar-refractivity contribution is -0.145. The molecular weight excluding hydrogens is 252 g/mol. The maximum atomic E-state index is 12.9. The first-order valence-corrected chi connectivity index (χ1v) is 7.21. The lowest BCUT2D eigenvalue weighted by Gasteiger charge is -2.40. The van der Waals surface area contributed by atoms with Crippen LogP contribution in [0.15, 0.2) is 12.4 Å². The van der Waals surface area contributed by atoms with Gasteiger partial charge < -0.3 is 15.2 Å². The molecule has 0 atom stereocenters. The normalized spacial score (nSPS) is 16.3. The van der Waals surface area contributed by atoms with Crippen LogP contribution in [-0.2, 0) is 18.4 Å². The van der Waals surface area contributed by atoms with E-state index in [1.807, 2.05) is 50.4 Å². The molecule has 1 saturated carbocycles. The van der Waals surface area contributed by atoms with Gasteiger partial charge in [0.2, 0.25) is 5.91 Å². The minimum atomic E-state index is -0.596. The Morgan fingerprint density at radius 3 is 2.45 bits per heavy atom. The monoisotopic (exact) mass is 278 g/mol. The topological polar surface area (TPSA) is 64.2 Å². The van der Waals surface area contributed by atoms with Crippen molar-refractivity contribution in [2.24, 2.45) is 18.2 Å². The number of rotatable bonds is 5. The van der Waals surface area contributed by atoms with Crippen LogP contribution in [0.25, 0.3) is 0 Å². The Labute approximate surface area is 121 Å². The minimum Gasteiger partial charge on any atom is -0.337 e. The summed E-state index contributed by atoms with van der Waals surface area (Å²) in [5.41, 5.74) is 5.05. The van der Waals surface area contributed by atoms with E-state index >= 15 is 0 Å². The predicted molar refractivity (Wildman–Crippen MR) is 78.8 cm³/mol. The molecule has 0 aromatic carbocycles. The largest absolute Gasteiger partial charge is 0.337 e. The molecule has 1 aromatic heterocycles. The molecule has 0 spiro atoms. The second-order valence-electron chi connectivity index (χ2n) is 6.97. The van der Waals surface area contributed by atoms with Gasteiger partial charge >= 0.3 is 0 Å². The average Bonchev–Trinajstić information content (AvgIpc) is 3.08. The Morgan fingerprint density at radius 1 is 1.45 bits per heavy atom. The third-order valence-corrected chi connectivity index (χ3v) is 4.63. The zero-order valence-corrected chi connectivity index (χ0v) is 13.2. The van der Waals surface area contributed by atoms with Crippen LogP contribution in [0, 0.1) is 5.41 Å². The first kappa shape index (κ1) is 15.0. The van der Waals surface area contributed by atoms with Crippen LogP contribution in [0.3, 0.4) is 0 Å². The van der Waals surface area contributed by atoms with Gasteiger partial charge in [-0.3, -0.25) is 4.79 Å². The SMILES string of the molecule is Cn1ccnc1CN(C(=O)C(C)(C)C(C)(C)N)C1CC1. The molecule has 20 heavy (non-hydrogen) atoms. The maximum absolute atomic E-state index is 12.9. The molecule has 0 unspecified atom stereocenters. The molecule has 0 bridgehead atoms. The van der Waals surface area contributed by atoms with Gasteiger partial charge in [0.1, 0.15) is 5.82 Å². The number of hydrogen-bond donors (Lipinski definition) is 1. The van der Waals surface area contributed by atoms with E-state index in [-0.39, 0.29) is 5.91 Å². The number of amides is 1. The molecular formula is C15H26N4O. The molecule has 1 aliphatic carbocycles. The van der Waals surface area contributed by atoms with Crippen LogP contribution in [-0.4, -0.2) is 31.9 Å².